The number of benzene rings is 1. The van der Waals surface area contributed by atoms with Crippen LogP contribution in [0.15, 0.2) is 33.9 Å². The lowest BCUT2D eigenvalue weighted by Crippen LogP contribution is -2.50. The van der Waals surface area contributed by atoms with Crippen molar-refractivity contribution in [3.05, 3.63) is 45.0 Å². The zero-order valence-electron chi connectivity index (χ0n) is 14.9. The number of aromatic amines is 1. The van der Waals surface area contributed by atoms with Crippen LogP contribution in [0.3, 0.4) is 0 Å². The minimum atomic E-state index is -0.349. The summed E-state index contributed by atoms with van der Waals surface area (Å²) in [6, 6.07) is 6.62. The molecule has 1 aromatic carbocycles. The molecule has 1 atom stereocenters. The lowest BCUT2D eigenvalue weighted by Gasteiger charge is -2.39. The topological polar surface area (TPSA) is 118 Å². The number of likely N-dealkylation sites (tertiary alicyclic amines) is 1. The maximum atomic E-state index is 12.8. The van der Waals surface area contributed by atoms with Crippen LogP contribution >= 0.6 is 0 Å². The number of amides is 2. The summed E-state index contributed by atoms with van der Waals surface area (Å²) >= 11 is 0. The fraction of sp³-hybridized carbons (Fsp3) is 0.474. The highest BCUT2D eigenvalue weighted by Crippen LogP contribution is 2.50. The Hall–Kier alpha value is -2.90. The van der Waals surface area contributed by atoms with Crippen LogP contribution in [0.25, 0.3) is 10.8 Å². The Morgan fingerprint density at radius 2 is 1.89 bits per heavy atom. The van der Waals surface area contributed by atoms with E-state index in [1.54, 1.807) is 24.3 Å². The van der Waals surface area contributed by atoms with Crippen molar-refractivity contribution >= 4 is 22.6 Å². The van der Waals surface area contributed by atoms with Crippen molar-refractivity contribution in [2.75, 3.05) is 6.54 Å². The molecule has 3 N–H and O–H groups in total. The maximum absolute atomic E-state index is 12.8. The zero-order valence-corrected chi connectivity index (χ0v) is 14.9. The number of aromatic nitrogens is 2. The van der Waals surface area contributed by atoms with Gasteiger partial charge in [-0.3, -0.25) is 24.3 Å². The smallest absolute Gasteiger partial charge is 0.273 e. The summed E-state index contributed by atoms with van der Waals surface area (Å²) in [6.07, 6.45) is 3.10. The molecule has 8 heteroatoms. The number of nitrogens with two attached hydrogens (primary N) is 1. The molecule has 27 heavy (non-hydrogen) atoms. The molecule has 2 heterocycles. The van der Waals surface area contributed by atoms with E-state index in [9.17, 15) is 19.2 Å². The molecule has 1 saturated carbocycles. The Morgan fingerprint density at radius 3 is 2.56 bits per heavy atom. The van der Waals surface area contributed by atoms with Gasteiger partial charge in [0.15, 0.2) is 0 Å². The SMILES string of the molecule is NC(=O)C1CCN(C(=O)CCn2[nH]c(=O)c3ccccc3c2=O)C2(CC2)C1. The number of primary amides is 1. The second kappa shape index (κ2) is 6.37. The number of carbonyl (C=O) groups is 2. The summed E-state index contributed by atoms with van der Waals surface area (Å²) in [4.78, 5) is 50.8. The van der Waals surface area contributed by atoms with Crippen LogP contribution in [0.1, 0.15) is 32.1 Å². The van der Waals surface area contributed by atoms with Gasteiger partial charge in [0.05, 0.1) is 17.3 Å². The van der Waals surface area contributed by atoms with E-state index >= 15 is 0 Å². The Morgan fingerprint density at radius 1 is 1.19 bits per heavy atom. The van der Waals surface area contributed by atoms with Crippen LogP contribution in [0.4, 0.5) is 0 Å². The first-order valence-corrected chi connectivity index (χ1v) is 9.23. The fourth-order valence-electron chi connectivity index (χ4n) is 4.19. The molecular formula is C19H22N4O4. The van der Waals surface area contributed by atoms with E-state index in [0.717, 1.165) is 12.8 Å². The van der Waals surface area contributed by atoms with E-state index in [1.807, 2.05) is 4.90 Å². The molecule has 1 aliphatic heterocycles. The summed E-state index contributed by atoms with van der Waals surface area (Å²) in [5.41, 5.74) is 4.53. The highest BCUT2D eigenvalue weighted by atomic mass is 16.2. The van der Waals surface area contributed by atoms with E-state index in [0.29, 0.717) is 30.2 Å². The third-order valence-electron chi connectivity index (χ3n) is 5.86. The Balaban J connectivity index is 1.50. The van der Waals surface area contributed by atoms with Crippen molar-refractivity contribution < 1.29 is 9.59 Å². The normalized spacial score (nSPS) is 20.7. The Kier molecular flexibility index (Phi) is 4.13. The number of H-pyrrole nitrogens is 1. The first kappa shape index (κ1) is 17.5. The van der Waals surface area contributed by atoms with Crippen molar-refractivity contribution in [1.82, 2.24) is 14.7 Å². The number of nitrogens with zero attached hydrogens (tertiary/aromatic N) is 2. The predicted molar refractivity (Wildman–Crippen MR) is 99.0 cm³/mol. The van der Waals surface area contributed by atoms with Crippen molar-refractivity contribution in [2.24, 2.45) is 11.7 Å². The molecule has 0 bridgehead atoms. The molecule has 2 aliphatic rings. The number of rotatable bonds is 4. The summed E-state index contributed by atoms with van der Waals surface area (Å²) < 4.78 is 1.21. The van der Waals surface area contributed by atoms with Crippen LogP contribution in [-0.2, 0) is 16.1 Å². The molecule has 2 aromatic rings. The number of fused-ring (bicyclic) bond motifs is 1. The molecule has 1 unspecified atom stereocenters. The first-order chi connectivity index (χ1) is 12.9. The molecule has 142 valence electrons. The largest absolute Gasteiger partial charge is 0.369 e. The molecule has 4 rings (SSSR count). The minimum Gasteiger partial charge on any atom is -0.369 e. The molecule has 2 fully saturated rings. The number of piperidine rings is 1. The van der Waals surface area contributed by atoms with Gasteiger partial charge in [0.25, 0.3) is 11.1 Å². The zero-order chi connectivity index (χ0) is 19.2. The molecule has 1 aliphatic carbocycles. The molecule has 0 radical (unpaired) electrons. The monoisotopic (exact) mass is 370 g/mol. The third-order valence-corrected chi connectivity index (χ3v) is 5.86. The number of nitrogens with one attached hydrogen (secondary N) is 1. The fourth-order valence-corrected chi connectivity index (χ4v) is 4.19. The van der Waals surface area contributed by atoms with Crippen molar-refractivity contribution in [3.63, 3.8) is 0 Å². The Labute approximate surface area is 154 Å². The van der Waals surface area contributed by atoms with Crippen LogP contribution < -0.4 is 16.9 Å². The minimum absolute atomic E-state index is 0.0590. The average molecular weight is 370 g/mol. The van der Waals surface area contributed by atoms with Gasteiger partial charge in [-0.2, -0.15) is 0 Å². The van der Waals surface area contributed by atoms with E-state index in [1.165, 1.54) is 4.68 Å². The number of carbonyl (C=O) groups excluding carboxylic acids is 2. The third kappa shape index (κ3) is 3.05. The maximum Gasteiger partial charge on any atom is 0.273 e. The van der Waals surface area contributed by atoms with E-state index in [4.69, 9.17) is 5.73 Å². The van der Waals surface area contributed by atoms with Crippen molar-refractivity contribution in [1.29, 1.82) is 0 Å². The van der Waals surface area contributed by atoms with E-state index in [2.05, 4.69) is 5.10 Å². The van der Waals surface area contributed by atoms with Gasteiger partial charge >= 0.3 is 0 Å². The van der Waals surface area contributed by atoms with Crippen LogP contribution in [0, 0.1) is 5.92 Å². The van der Waals surface area contributed by atoms with E-state index < -0.39 is 0 Å². The molecular weight excluding hydrogens is 348 g/mol. The summed E-state index contributed by atoms with van der Waals surface area (Å²) in [6.45, 7) is 0.624. The van der Waals surface area contributed by atoms with Gasteiger partial charge in [0.1, 0.15) is 0 Å². The second-order valence-electron chi connectivity index (χ2n) is 7.56. The summed E-state index contributed by atoms with van der Waals surface area (Å²) in [5.74, 6) is -0.527. The molecule has 8 nitrogen and oxygen atoms in total. The Bertz CT molecular complexity index is 1030. The molecule has 1 saturated heterocycles. The number of hydrogen-bond donors (Lipinski definition) is 2. The number of hydrogen-bond acceptors (Lipinski definition) is 4. The number of aryl methyl sites for hydroxylation is 1. The standard InChI is InChI=1S/C19H22N4O4/c20-16(25)12-5-9-22(19(11-12)7-8-19)15(24)6-10-23-18(27)14-4-2-1-3-13(14)17(26)21-23/h1-4,12H,5-11H2,(H2,20,25)(H,21,26). The highest BCUT2D eigenvalue weighted by molar-refractivity contribution is 5.81. The van der Waals surface area contributed by atoms with Gasteiger partial charge in [-0.25, -0.2) is 4.68 Å². The average Bonchev–Trinajstić information content (AvgIpc) is 3.42. The summed E-state index contributed by atoms with van der Waals surface area (Å²) in [5, 5.41) is 3.24. The van der Waals surface area contributed by atoms with E-state index in [-0.39, 0.29) is 47.4 Å². The molecule has 1 aromatic heterocycles. The van der Waals surface area contributed by atoms with Gasteiger partial charge < -0.3 is 10.6 Å². The van der Waals surface area contributed by atoms with Crippen LogP contribution in [-0.4, -0.2) is 38.6 Å². The first-order valence-electron chi connectivity index (χ1n) is 9.23. The van der Waals surface area contributed by atoms with Gasteiger partial charge in [-0.1, -0.05) is 12.1 Å². The van der Waals surface area contributed by atoms with Crippen LogP contribution in [0.5, 0.6) is 0 Å². The van der Waals surface area contributed by atoms with Crippen LogP contribution in [0.2, 0.25) is 0 Å². The van der Waals surface area contributed by atoms with Gasteiger partial charge in [0, 0.05) is 24.4 Å². The van der Waals surface area contributed by atoms with Crippen molar-refractivity contribution in [2.45, 2.75) is 44.2 Å². The second-order valence-corrected chi connectivity index (χ2v) is 7.56. The lowest BCUT2D eigenvalue weighted by atomic mass is 9.88. The predicted octanol–water partition coefficient (Wildman–Crippen LogP) is 0.336. The van der Waals surface area contributed by atoms with Crippen molar-refractivity contribution in [3.8, 4) is 0 Å². The molecule has 2 amide bonds. The van der Waals surface area contributed by atoms with Gasteiger partial charge in [-0.15, -0.1) is 0 Å². The van der Waals surface area contributed by atoms with Gasteiger partial charge in [0.2, 0.25) is 11.8 Å². The lowest BCUT2D eigenvalue weighted by molar-refractivity contribution is -0.139. The summed E-state index contributed by atoms with van der Waals surface area (Å²) in [7, 11) is 0. The highest BCUT2D eigenvalue weighted by Gasteiger charge is 2.53. The molecule has 1 spiro atoms. The van der Waals surface area contributed by atoms with Gasteiger partial charge in [-0.05, 0) is 37.8 Å². The quantitative estimate of drug-likeness (QED) is 0.806.